The fourth-order valence-electron chi connectivity index (χ4n) is 2.15. The van der Waals surface area contributed by atoms with Gasteiger partial charge in [-0.1, -0.05) is 24.3 Å². The maximum atomic E-state index is 12.7. The quantitative estimate of drug-likeness (QED) is 0.356. The third kappa shape index (κ3) is 6.32. The fourth-order valence-corrected chi connectivity index (χ4v) is 3.30. The Morgan fingerprint density at radius 1 is 0.767 bits per heavy atom. The molecular formula is C18H15F6O5P. The van der Waals surface area contributed by atoms with E-state index < -0.39 is 50.0 Å². The molecule has 0 saturated heterocycles. The van der Waals surface area contributed by atoms with Crippen molar-refractivity contribution in [2.75, 3.05) is 7.11 Å². The minimum absolute atomic E-state index is 0.172. The molecule has 0 bridgehead atoms. The highest BCUT2D eigenvalue weighted by Crippen LogP contribution is 2.51. The third-order valence-electron chi connectivity index (χ3n) is 3.76. The number of hydrogen-bond acceptors (Lipinski definition) is 5. The molecule has 0 N–H and O–H groups in total. The zero-order valence-corrected chi connectivity index (χ0v) is 16.2. The van der Waals surface area contributed by atoms with Crippen molar-refractivity contribution in [3.8, 4) is 0 Å². The number of alkyl halides is 6. The number of rotatable bonds is 7. The van der Waals surface area contributed by atoms with Crippen molar-refractivity contribution in [2.24, 2.45) is 0 Å². The molecule has 0 heterocycles. The number of benzene rings is 2. The second-order valence-corrected chi connectivity index (χ2v) is 7.78. The normalized spacial score (nSPS) is 12.6. The lowest BCUT2D eigenvalue weighted by Gasteiger charge is -2.17. The smallest absolute Gasteiger partial charge is 0.439 e. The third-order valence-corrected chi connectivity index (χ3v) is 5.33. The van der Waals surface area contributed by atoms with Gasteiger partial charge in [-0.3, -0.25) is 9.05 Å². The van der Waals surface area contributed by atoms with Gasteiger partial charge in [0.05, 0.1) is 31.5 Å². The molecular weight excluding hydrogens is 441 g/mol. The Labute approximate surface area is 167 Å². The fraction of sp³-hybridized carbons (Fsp3) is 0.278. The van der Waals surface area contributed by atoms with E-state index in [9.17, 15) is 35.7 Å². The van der Waals surface area contributed by atoms with E-state index in [2.05, 4.69) is 4.74 Å². The minimum Gasteiger partial charge on any atom is -0.460 e. The molecule has 164 valence electrons. The summed E-state index contributed by atoms with van der Waals surface area (Å²) in [4.78, 5) is 11.8. The molecule has 0 atom stereocenters. The van der Waals surface area contributed by atoms with Crippen LogP contribution in [0, 0.1) is 0 Å². The van der Waals surface area contributed by atoms with Crippen LogP contribution >= 0.6 is 7.60 Å². The van der Waals surface area contributed by atoms with Crippen LogP contribution in [0.5, 0.6) is 0 Å². The largest absolute Gasteiger partial charge is 0.460 e. The Morgan fingerprint density at radius 3 is 1.37 bits per heavy atom. The molecule has 2 aromatic carbocycles. The van der Waals surface area contributed by atoms with E-state index >= 15 is 0 Å². The molecule has 0 amide bonds. The Kier molecular flexibility index (Phi) is 7.33. The van der Waals surface area contributed by atoms with Gasteiger partial charge in [0.1, 0.15) is 0 Å². The zero-order chi connectivity index (χ0) is 22.6. The van der Waals surface area contributed by atoms with Gasteiger partial charge in [-0.25, -0.2) is 9.36 Å². The molecule has 12 heteroatoms. The van der Waals surface area contributed by atoms with Crippen LogP contribution in [0.2, 0.25) is 0 Å². The molecule has 0 unspecified atom stereocenters. The molecule has 0 aliphatic rings. The number of hydrogen-bond donors (Lipinski definition) is 0. The topological polar surface area (TPSA) is 61.8 Å². The lowest BCUT2D eigenvalue weighted by atomic mass is 10.1. The van der Waals surface area contributed by atoms with Crippen LogP contribution in [-0.2, 0) is 43.9 Å². The summed E-state index contributed by atoms with van der Waals surface area (Å²) in [5.74, 6) is 0. The second kappa shape index (κ2) is 9.20. The van der Waals surface area contributed by atoms with Crippen LogP contribution in [0.4, 0.5) is 31.1 Å². The summed E-state index contributed by atoms with van der Waals surface area (Å²) in [6.45, 7) is -1.06. The van der Waals surface area contributed by atoms with E-state index in [0.717, 1.165) is 55.6 Å². The molecule has 5 nitrogen and oxygen atoms in total. The van der Waals surface area contributed by atoms with Gasteiger partial charge in [-0.2, -0.15) is 26.3 Å². The molecule has 30 heavy (non-hydrogen) atoms. The van der Waals surface area contributed by atoms with E-state index in [1.54, 1.807) is 0 Å². The van der Waals surface area contributed by atoms with E-state index in [1.165, 1.54) is 0 Å². The second-order valence-electron chi connectivity index (χ2n) is 5.90. The molecule has 0 fully saturated rings. The van der Waals surface area contributed by atoms with Gasteiger partial charge in [-0.05, 0) is 35.4 Å². The van der Waals surface area contributed by atoms with Crippen LogP contribution in [0.15, 0.2) is 48.5 Å². The lowest BCUT2D eigenvalue weighted by Crippen LogP contribution is -2.08. The Bertz CT molecular complexity index is 841. The summed E-state index contributed by atoms with van der Waals surface area (Å²) < 4.78 is 102. The molecule has 0 aromatic heterocycles. The van der Waals surface area contributed by atoms with Gasteiger partial charge in [0.15, 0.2) is 0 Å². The summed E-state index contributed by atoms with van der Waals surface area (Å²) in [6, 6.07) is 7.41. The van der Waals surface area contributed by atoms with Gasteiger partial charge in [-0.15, -0.1) is 0 Å². The first-order chi connectivity index (χ1) is 13.8. The standard InChI is InChI=1S/C18H15F6O5P/c1-27-16(25)30(26,28-10-12-2-6-14(7-3-12)17(19,20)21)29-11-13-4-8-15(9-5-13)18(22,23)24/h2-9H,10-11H2,1H3. The van der Waals surface area contributed by atoms with Crippen LogP contribution in [0.25, 0.3) is 0 Å². The average Bonchev–Trinajstić information content (AvgIpc) is 2.69. The van der Waals surface area contributed by atoms with Crippen LogP contribution in [0.3, 0.4) is 0 Å². The maximum Gasteiger partial charge on any atom is 0.439 e. The zero-order valence-electron chi connectivity index (χ0n) is 15.3. The first-order valence-electron chi connectivity index (χ1n) is 8.15. The predicted octanol–water partition coefficient (Wildman–Crippen LogP) is 6.42. The molecule has 0 radical (unpaired) electrons. The van der Waals surface area contributed by atoms with Crippen molar-refractivity contribution >= 4 is 13.3 Å². The summed E-state index contributed by atoms with van der Waals surface area (Å²) in [7, 11) is -3.62. The van der Waals surface area contributed by atoms with Crippen LogP contribution in [-0.4, -0.2) is 12.8 Å². The number of halogens is 6. The first kappa shape index (κ1) is 23.9. The monoisotopic (exact) mass is 456 g/mol. The van der Waals surface area contributed by atoms with Crippen molar-refractivity contribution in [2.45, 2.75) is 25.6 Å². The molecule has 0 spiro atoms. The van der Waals surface area contributed by atoms with Gasteiger partial charge in [0.25, 0.3) is 0 Å². The number of methoxy groups -OCH3 is 1. The van der Waals surface area contributed by atoms with Crippen molar-refractivity contribution in [1.29, 1.82) is 0 Å². The first-order valence-corrected chi connectivity index (χ1v) is 9.69. The number of ether oxygens (including phenoxy) is 1. The van der Waals surface area contributed by atoms with Crippen molar-refractivity contribution < 1.29 is 49.5 Å². The Balaban J connectivity index is 2.06. The van der Waals surface area contributed by atoms with Crippen molar-refractivity contribution in [1.82, 2.24) is 0 Å². The molecule has 0 saturated carbocycles. The number of carbonyl (C=O) groups excluding carboxylic acids is 1. The summed E-state index contributed by atoms with van der Waals surface area (Å²) in [5, 5.41) is 0. The van der Waals surface area contributed by atoms with Gasteiger partial charge in [0.2, 0.25) is 0 Å². The van der Waals surface area contributed by atoms with E-state index in [1.807, 2.05) is 0 Å². The predicted molar refractivity (Wildman–Crippen MR) is 92.5 cm³/mol. The molecule has 0 aliphatic carbocycles. The van der Waals surface area contributed by atoms with Gasteiger partial charge < -0.3 is 4.74 Å². The molecule has 2 rings (SSSR count). The highest BCUT2D eigenvalue weighted by molar-refractivity contribution is 7.71. The Hall–Kier alpha value is -2.36. The molecule has 0 aliphatic heterocycles. The van der Waals surface area contributed by atoms with Crippen molar-refractivity contribution in [3.63, 3.8) is 0 Å². The number of carbonyl (C=O) groups is 1. The summed E-state index contributed by atoms with van der Waals surface area (Å²) >= 11 is 0. The van der Waals surface area contributed by atoms with E-state index in [-0.39, 0.29) is 11.1 Å². The highest BCUT2D eigenvalue weighted by atomic mass is 31.2. The average molecular weight is 456 g/mol. The summed E-state index contributed by atoms with van der Waals surface area (Å²) in [5.41, 5.74) is -2.82. The highest BCUT2D eigenvalue weighted by Gasteiger charge is 2.37. The Morgan fingerprint density at radius 2 is 1.10 bits per heavy atom. The lowest BCUT2D eigenvalue weighted by molar-refractivity contribution is -0.138. The minimum atomic E-state index is -4.54. The van der Waals surface area contributed by atoms with E-state index in [4.69, 9.17) is 9.05 Å². The maximum absolute atomic E-state index is 12.7. The summed E-state index contributed by atoms with van der Waals surface area (Å²) in [6.07, 6.45) is -9.07. The van der Waals surface area contributed by atoms with Gasteiger partial charge >= 0.3 is 25.7 Å². The van der Waals surface area contributed by atoms with Crippen LogP contribution < -0.4 is 0 Å². The van der Waals surface area contributed by atoms with Crippen LogP contribution in [0.1, 0.15) is 22.3 Å². The SMILES string of the molecule is COC(=O)P(=O)(OCc1ccc(C(F)(F)F)cc1)OCc1ccc(C(F)(F)F)cc1. The molecule has 2 aromatic rings. The van der Waals surface area contributed by atoms with E-state index in [0.29, 0.717) is 0 Å². The van der Waals surface area contributed by atoms with Crippen molar-refractivity contribution in [3.05, 3.63) is 70.8 Å². The van der Waals surface area contributed by atoms with Gasteiger partial charge in [0, 0.05) is 0 Å².